The molecule has 4 heteroatoms. The summed E-state index contributed by atoms with van der Waals surface area (Å²) in [6.45, 7) is 2.10. The van der Waals surface area contributed by atoms with Gasteiger partial charge in [-0.3, -0.25) is 0 Å². The van der Waals surface area contributed by atoms with Crippen molar-refractivity contribution in [1.29, 1.82) is 0 Å². The minimum Gasteiger partial charge on any atom is -0.356 e. The summed E-state index contributed by atoms with van der Waals surface area (Å²) < 4.78 is 0. The first-order chi connectivity index (χ1) is 12.2. The van der Waals surface area contributed by atoms with E-state index in [-0.39, 0.29) is 6.03 Å². The Morgan fingerprint density at radius 2 is 1.52 bits per heavy atom. The Morgan fingerprint density at radius 1 is 0.920 bits per heavy atom. The Morgan fingerprint density at radius 3 is 2.20 bits per heavy atom. The lowest BCUT2D eigenvalue weighted by molar-refractivity contribution is 0.255. The summed E-state index contributed by atoms with van der Waals surface area (Å²) in [5.74, 6) is 0.628. The van der Waals surface area contributed by atoms with Gasteiger partial charge in [-0.05, 0) is 62.1 Å². The maximum Gasteiger partial charge on any atom is 0.323 e. The van der Waals surface area contributed by atoms with Crippen LogP contribution in [0.2, 0.25) is 0 Å². The van der Waals surface area contributed by atoms with E-state index in [0.29, 0.717) is 5.92 Å². The maximum atomic E-state index is 12.0. The van der Waals surface area contributed by atoms with Crippen LogP contribution in [0.1, 0.15) is 32.6 Å². The Hall–Kier alpha value is -2.75. The van der Waals surface area contributed by atoms with E-state index in [4.69, 9.17) is 0 Å². The van der Waals surface area contributed by atoms with Gasteiger partial charge in [-0.25, -0.2) is 4.79 Å². The molecule has 0 bridgehead atoms. The number of carbonyl (C=O) groups is 1. The van der Waals surface area contributed by atoms with E-state index in [1.165, 1.54) is 31.3 Å². The van der Waals surface area contributed by atoms with Crippen molar-refractivity contribution in [2.24, 2.45) is 5.92 Å². The van der Waals surface area contributed by atoms with Crippen molar-refractivity contribution in [3.8, 4) is 0 Å². The fourth-order valence-electron chi connectivity index (χ4n) is 3.17. The normalized spacial score (nSPS) is 15.0. The minimum atomic E-state index is -0.207. The van der Waals surface area contributed by atoms with Crippen molar-refractivity contribution >= 4 is 23.1 Å². The topological polar surface area (TPSA) is 53.2 Å². The number of urea groups is 1. The highest BCUT2D eigenvalue weighted by Crippen LogP contribution is 2.30. The molecule has 0 heterocycles. The zero-order valence-corrected chi connectivity index (χ0v) is 14.6. The van der Waals surface area contributed by atoms with Crippen LogP contribution in [0.25, 0.3) is 0 Å². The average Bonchev–Trinajstić information content (AvgIpc) is 3.17. The number of rotatable bonds is 5. The van der Waals surface area contributed by atoms with Gasteiger partial charge >= 0.3 is 6.03 Å². The van der Waals surface area contributed by atoms with E-state index in [0.717, 1.165) is 17.1 Å². The largest absolute Gasteiger partial charge is 0.356 e. The molecule has 0 saturated heterocycles. The molecular formula is C21H25N3O. The van der Waals surface area contributed by atoms with Crippen molar-refractivity contribution in [1.82, 2.24) is 5.32 Å². The SMILES string of the molecule is C/C(=C\NC(=O)Nc1ccc(Nc2ccccc2)cc1)C1CCCC1. The molecule has 1 aliphatic carbocycles. The predicted octanol–water partition coefficient (Wildman–Crippen LogP) is 5.65. The molecule has 2 aromatic rings. The molecule has 3 rings (SSSR count). The van der Waals surface area contributed by atoms with Gasteiger partial charge in [0.05, 0.1) is 0 Å². The molecule has 3 N–H and O–H groups in total. The van der Waals surface area contributed by atoms with Crippen molar-refractivity contribution < 1.29 is 4.79 Å². The molecule has 0 aromatic heterocycles. The van der Waals surface area contributed by atoms with Crippen LogP contribution in [-0.4, -0.2) is 6.03 Å². The summed E-state index contributed by atoms with van der Waals surface area (Å²) in [6, 6.07) is 17.5. The highest BCUT2D eigenvalue weighted by Gasteiger charge is 2.16. The molecule has 1 saturated carbocycles. The average molecular weight is 335 g/mol. The maximum absolute atomic E-state index is 12.0. The van der Waals surface area contributed by atoms with Crippen molar-refractivity contribution in [3.05, 3.63) is 66.4 Å². The highest BCUT2D eigenvalue weighted by atomic mass is 16.2. The summed E-state index contributed by atoms with van der Waals surface area (Å²) >= 11 is 0. The quantitative estimate of drug-likeness (QED) is 0.661. The second-order valence-corrected chi connectivity index (χ2v) is 6.54. The van der Waals surface area contributed by atoms with Gasteiger partial charge in [0.2, 0.25) is 0 Å². The number of hydrogen-bond donors (Lipinski definition) is 3. The van der Waals surface area contributed by atoms with E-state index in [9.17, 15) is 4.79 Å². The Balaban J connectivity index is 1.50. The van der Waals surface area contributed by atoms with Gasteiger partial charge in [-0.2, -0.15) is 0 Å². The lowest BCUT2D eigenvalue weighted by Gasteiger charge is -2.11. The standard InChI is InChI=1S/C21H25N3O/c1-16(17-7-5-6-8-17)15-22-21(25)24-20-13-11-19(12-14-20)23-18-9-3-2-4-10-18/h2-4,9-15,17,23H,5-8H2,1H3,(H2,22,24,25)/b16-15+. The number of amides is 2. The van der Waals surface area contributed by atoms with Crippen LogP contribution < -0.4 is 16.0 Å². The van der Waals surface area contributed by atoms with Crippen molar-refractivity contribution in [2.75, 3.05) is 10.6 Å². The first-order valence-corrected chi connectivity index (χ1v) is 8.87. The first-order valence-electron chi connectivity index (χ1n) is 8.87. The second-order valence-electron chi connectivity index (χ2n) is 6.54. The van der Waals surface area contributed by atoms with E-state index < -0.39 is 0 Å². The molecule has 25 heavy (non-hydrogen) atoms. The number of nitrogens with one attached hydrogen (secondary N) is 3. The van der Waals surface area contributed by atoms with Gasteiger partial charge in [-0.1, -0.05) is 36.6 Å². The number of allylic oxidation sites excluding steroid dienone is 1. The van der Waals surface area contributed by atoms with Crippen LogP contribution in [0.15, 0.2) is 66.4 Å². The van der Waals surface area contributed by atoms with Crippen LogP contribution >= 0.6 is 0 Å². The zero-order valence-electron chi connectivity index (χ0n) is 14.6. The van der Waals surface area contributed by atoms with Gasteiger partial charge < -0.3 is 16.0 Å². The smallest absolute Gasteiger partial charge is 0.323 e. The highest BCUT2D eigenvalue weighted by molar-refractivity contribution is 5.90. The van der Waals surface area contributed by atoms with Crippen LogP contribution in [0, 0.1) is 5.92 Å². The molecule has 0 unspecified atom stereocenters. The second kappa shape index (κ2) is 8.38. The van der Waals surface area contributed by atoms with E-state index in [1.54, 1.807) is 0 Å². The fraction of sp³-hybridized carbons (Fsp3) is 0.286. The molecule has 1 fully saturated rings. The predicted molar refractivity (Wildman–Crippen MR) is 104 cm³/mol. The first kappa shape index (κ1) is 17.1. The third kappa shape index (κ3) is 5.11. The van der Waals surface area contributed by atoms with Crippen LogP contribution in [-0.2, 0) is 0 Å². The Labute approximate surface area is 149 Å². The summed E-state index contributed by atoms with van der Waals surface area (Å²) in [4.78, 5) is 12.0. The molecule has 130 valence electrons. The van der Waals surface area contributed by atoms with Gasteiger partial charge in [0.25, 0.3) is 0 Å². The van der Waals surface area contributed by atoms with Crippen LogP contribution in [0.3, 0.4) is 0 Å². The number of benzene rings is 2. The monoisotopic (exact) mass is 335 g/mol. The van der Waals surface area contributed by atoms with Crippen LogP contribution in [0.4, 0.5) is 21.9 Å². The number of anilines is 3. The minimum absolute atomic E-state index is 0.207. The number of carbonyl (C=O) groups excluding carboxylic acids is 1. The Bertz CT molecular complexity index is 717. The molecule has 0 aliphatic heterocycles. The Kier molecular flexibility index (Phi) is 5.73. The molecule has 0 atom stereocenters. The van der Waals surface area contributed by atoms with Gasteiger partial charge in [0.15, 0.2) is 0 Å². The molecule has 2 aromatic carbocycles. The fourth-order valence-corrected chi connectivity index (χ4v) is 3.17. The van der Waals surface area contributed by atoms with Gasteiger partial charge in [-0.15, -0.1) is 0 Å². The molecular weight excluding hydrogens is 310 g/mol. The van der Waals surface area contributed by atoms with E-state index in [2.05, 4.69) is 22.9 Å². The summed E-state index contributed by atoms with van der Waals surface area (Å²) in [7, 11) is 0. The molecule has 4 nitrogen and oxygen atoms in total. The molecule has 1 aliphatic rings. The van der Waals surface area contributed by atoms with Crippen molar-refractivity contribution in [3.63, 3.8) is 0 Å². The third-order valence-corrected chi connectivity index (χ3v) is 4.64. The summed E-state index contributed by atoms with van der Waals surface area (Å²) in [6.07, 6.45) is 6.91. The molecule has 2 amide bonds. The number of hydrogen-bond acceptors (Lipinski definition) is 2. The van der Waals surface area contributed by atoms with E-state index >= 15 is 0 Å². The van der Waals surface area contributed by atoms with E-state index in [1.807, 2.05) is 60.8 Å². The van der Waals surface area contributed by atoms with Gasteiger partial charge in [0.1, 0.15) is 0 Å². The third-order valence-electron chi connectivity index (χ3n) is 4.64. The summed E-state index contributed by atoms with van der Waals surface area (Å²) in [5, 5.41) is 9.01. The lowest BCUT2D eigenvalue weighted by Crippen LogP contribution is -2.24. The zero-order chi connectivity index (χ0) is 17.5. The van der Waals surface area contributed by atoms with Crippen LogP contribution in [0.5, 0.6) is 0 Å². The summed E-state index contributed by atoms with van der Waals surface area (Å²) in [5.41, 5.74) is 4.04. The van der Waals surface area contributed by atoms with Gasteiger partial charge in [0, 0.05) is 23.3 Å². The lowest BCUT2D eigenvalue weighted by atomic mass is 10.0. The van der Waals surface area contributed by atoms with Crippen molar-refractivity contribution in [2.45, 2.75) is 32.6 Å². The molecule has 0 spiro atoms. The number of para-hydroxylation sites is 1. The molecule has 0 radical (unpaired) electrons.